The van der Waals surface area contributed by atoms with E-state index < -0.39 is 0 Å². The van der Waals surface area contributed by atoms with Crippen molar-refractivity contribution >= 4 is 5.91 Å². The van der Waals surface area contributed by atoms with Gasteiger partial charge >= 0.3 is 0 Å². The van der Waals surface area contributed by atoms with Crippen LogP contribution in [-0.2, 0) is 9.53 Å². The van der Waals surface area contributed by atoms with E-state index in [-0.39, 0.29) is 23.7 Å². The summed E-state index contributed by atoms with van der Waals surface area (Å²) in [4.78, 5) is 14.3. The SMILES string of the molecule is COC[C@@H]1CN(C(=O)C2CC2)C[C@H]1c1nnc(-c2ccccc2)o1. The average molecular weight is 327 g/mol. The van der Waals surface area contributed by atoms with Gasteiger partial charge in [-0.05, 0) is 25.0 Å². The standard InChI is InChI=1S/C18H21N3O3/c1-23-11-14-9-21(18(22)13-7-8-13)10-15(14)17-20-19-16(24-17)12-5-3-2-4-6-12/h2-6,13-15H,7-11H2,1H3/t14-,15+/m0/s1. The Bertz CT molecular complexity index is 711. The molecule has 0 bridgehead atoms. The van der Waals surface area contributed by atoms with Crippen molar-refractivity contribution in [2.45, 2.75) is 18.8 Å². The van der Waals surface area contributed by atoms with Crippen LogP contribution in [-0.4, -0.2) is 47.8 Å². The van der Waals surface area contributed by atoms with Crippen molar-refractivity contribution < 1.29 is 13.9 Å². The Morgan fingerprint density at radius 1 is 1.25 bits per heavy atom. The van der Waals surface area contributed by atoms with E-state index in [9.17, 15) is 4.79 Å². The second-order valence-corrected chi connectivity index (χ2v) is 6.65. The molecule has 6 heteroatoms. The fourth-order valence-electron chi connectivity index (χ4n) is 3.38. The lowest BCUT2D eigenvalue weighted by molar-refractivity contribution is -0.131. The third-order valence-electron chi connectivity index (χ3n) is 4.84. The predicted octanol–water partition coefficient (Wildman–Crippen LogP) is 2.33. The van der Waals surface area contributed by atoms with Crippen LogP contribution in [0.2, 0.25) is 0 Å². The van der Waals surface area contributed by atoms with E-state index in [2.05, 4.69) is 10.2 Å². The molecular weight excluding hydrogens is 306 g/mol. The topological polar surface area (TPSA) is 68.5 Å². The minimum atomic E-state index is 0.0395. The van der Waals surface area contributed by atoms with Crippen molar-refractivity contribution in [3.05, 3.63) is 36.2 Å². The van der Waals surface area contributed by atoms with E-state index in [0.29, 0.717) is 31.5 Å². The van der Waals surface area contributed by atoms with Gasteiger partial charge < -0.3 is 14.1 Å². The molecule has 1 amide bonds. The number of carbonyl (C=O) groups is 1. The van der Waals surface area contributed by atoms with E-state index in [1.807, 2.05) is 35.2 Å². The van der Waals surface area contributed by atoms with Crippen LogP contribution < -0.4 is 0 Å². The highest BCUT2D eigenvalue weighted by atomic mass is 16.5. The van der Waals surface area contributed by atoms with Crippen LogP contribution in [0.4, 0.5) is 0 Å². The highest BCUT2D eigenvalue weighted by Gasteiger charge is 2.43. The Kier molecular flexibility index (Phi) is 4.06. The van der Waals surface area contributed by atoms with Crippen molar-refractivity contribution in [3.8, 4) is 11.5 Å². The van der Waals surface area contributed by atoms with E-state index in [0.717, 1.165) is 18.4 Å². The third kappa shape index (κ3) is 2.94. The highest BCUT2D eigenvalue weighted by molar-refractivity contribution is 5.81. The fourth-order valence-corrected chi connectivity index (χ4v) is 3.38. The normalized spacial score (nSPS) is 23.6. The molecule has 2 heterocycles. The van der Waals surface area contributed by atoms with Crippen LogP contribution in [0.1, 0.15) is 24.7 Å². The van der Waals surface area contributed by atoms with Gasteiger partial charge in [-0.2, -0.15) is 0 Å². The van der Waals surface area contributed by atoms with Crippen LogP contribution in [0.25, 0.3) is 11.5 Å². The molecule has 0 radical (unpaired) electrons. The van der Waals surface area contributed by atoms with Crippen molar-refractivity contribution in [3.63, 3.8) is 0 Å². The van der Waals surface area contributed by atoms with E-state index in [4.69, 9.17) is 9.15 Å². The third-order valence-corrected chi connectivity index (χ3v) is 4.84. The number of hydrogen-bond acceptors (Lipinski definition) is 5. The number of benzene rings is 1. The molecule has 1 saturated heterocycles. The quantitative estimate of drug-likeness (QED) is 0.843. The summed E-state index contributed by atoms with van der Waals surface area (Å²) in [5.74, 6) is 1.85. The zero-order valence-electron chi connectivity index (χ0n) is 13.7. The summed E-state index contributed by atoms with van der Waals surface area (Å²) < 4.78 is 11.3. The summed E-state index contributed by atoms with van der Waals surface area (Å²) in [6, 6.07) is 9.73. The first-order chi connectivity index (χ1) is 11.8. The van der Waals surface area contributed by atoms with Gasteiger partial charge in [0.15, 0.2) is 0 Å². The molecule has 0 N–H and O–H groups in total. The second kappa shape index (κ2) is 6.36. The zero-order valence-corrected chi connectivity index (χ0v) is 13.7. The molecule has 1 saturated carbocycles. The molecule has 1 aromatic heterocycles. The van der Waals surface area contributed by atoms with Crippen molar-refractivity contribution in [2.24, 2.45) is 11.8 Å². The summed E-state index contributed by atoms with van der Waals surface area (Å²) in [5, 5.41) is 8.43. The van der Waals surface area contributed by atoms with Gasteiger partial charge in [0.25, 0.3) is 0 Å². The molecule has 2 aliphatic rings. The van der Waals surface area contributed by atoms with Crippen LogP contribution in [0.15, 0.2) is 34.7 Å². The van der Waals surface area contributed by atoms with E-state index in [1.54, 1.807) is 7.11 Å². The number of likely N-dealkylation sites (tertiary alicyclic amines) is 1. The van der Waals surface area contributed by atoms with Gasteiger partial charge in [0.2, 0.25) is 17.7 Å². The molecule has 2 atom stereocenters. The summed E-state index contributed by atoms with van der Waals surface area (Å²) in [7, 11) is 1.69. The Hall–Kier alpha value is -2.21. The first kappa shape index (κ1) is 15.3. The monoisotopic (exact) mass is 327 g/mol. The second-order valence-electron chi connectivity index (χ2n) is 6.65. The molecule has 1 aliphatic heterocycles. The first-order valence-corrected chi connectivity index (χ1v) is 8.43. The molecule has 0 spiro atoms. The van der Waals surface area contributed by atoms with Crippen LogP contribution in [0.5, 0.6) is 0 Å². The Morgan fingerprint density at radius 2 is 2.04 bits per heavy atom. The lowest BCUT2D eigenvalue weighted by Gasteiger charge is -2.15. The van der Waals surface area contributed by atoms with E-state index >= 15 is 0 Å². The van der Waals surface area contributed by atoms with Gasteiger partial charge in [-0.1, -0.05) is 18.2 Å². The predicted molar refractivity (Wildman–Crippen MR) is 87.1 cm³/mol. The number of nitrogens with zero attached hydrogens (tertiary/aromatic N) is 3. The van der Waals surface area contributed by atoms with E-state index in [1.165, 1.54) is 0 Å². The van der Waals surface area contributed by atoms with Crippen molar-refractivity contribution in [1.29, 1.82) is 0 Å². The van der Waals surface area contributed by atoms with Gasteiger partial charge in [-0.3, -0.25) is 4.79 Å². The average Bonchev–Trinajstić information content (AvgIpc) is 3.20. The lowest BCUT2D eigenvalue weighted by Crippen LogP contribution is -2.30. The molecule has 0 unspecified atom stereocenters. The van der Waals surface area contributed by atoms with Gasteiger partial charge in [-0.15, -0.1) is 10.2 Å². The smallest absolute Gasteiger partial charge is 0.247 e. The maximum atomic E-state index is 12.4. The molecule has 2 aromatic rings. The summed E-state index contributed by atoms with van der Waals surface area (Å²) in [6.45, 7) is 1.93. The number of methoxy groups -OCH3 is 1. The summed E-state index contributed by atoms with van der Waals surface area (Å²) >= 11 is 0. The summed E-state index contributed by atoms with van der Waals surface area (Å²) in [5.41, 5.74) is 0.906. The number of hydrogen-bond donors (Lipinski definition) is 0. The van der Waals surface area contributed by atoms with Crippen molar-refractivity contribution in [2.75, 3.05) is 26.8 Å². The Balaban J connectivity index is 1.55. The molecule has 1 aliphatic carbocycles. The maximum Gasteiger partial charge on any atom is 0.247 e. The first-order valence-electron chi connectivity index (χ1n) is 8.43. The largest absolute Gasteiger partial charge is 0.420 e. The van der Waals surface area contributed by atoms with Gasteiger partial charge in [0.1, 0.15) is 0 Å². The van der Waals surface area contributed by atoms with Crippen LogP contribution in [0.3, 0.4) is 0 Å². The molecule has 4 rings (SSSR count). The number of aromatic nitrogens is 2. The molecule has 126 valence electrons. The molecule has 1 aromatic carbocycles. The van der Waals surface area contributed by atoms with Crippen LogP contribution in [0, 0.1) is 11.8 Å². The lowest BCUT2D eigenvalue weighted by atomic mass is 9.97. The number of carbonyl (C=O) groups excluding carboxylic acids is 1. The molecular formula is C18H21N3O3. The number of amides is 1. The van der Waals surface area contributed by atoms with Gasteiger partial charge in [0.05, 0.1) is 12.5 Å². The fraction of sp³-hybridized carbons (Fsp3) is 0.500. The Labute approximate surface area is 140 Å². The van der Waals surface area contributed by atoms with Crippen LogP contribution >= 0.6 is 0 Å². The minimum absolute atomic E-state index is 0.0395. The molecule has 2 fully saturated rings. The number of rotatable bonds is 5. The van der Waals surface area contributed by atoms with Crippen molar-refractivity contribution in [1.82, 2.24) is 15.1 Å². The maximum absolute atomic E-state index is 12.4. The van der Waals surface area contributed by atoms with Gasteiger partial charge in [0, 0.05) is 37.6 Å². The summed E-state index contributed by atoms with van der Waals surface area (Å²) in [6.07, 6.45) is 2.04. The molecule has 6 nitrogen and oxygen atoms in total. The Morgan fingerprint density at radius 3 is 2.75 bits per heavy atom. The minimum Gasteiger partial charge on any atom is -0.420 e. The molecule has 24 heavy (non-hydrogen) atoms. The zero-order chi connectivity index (χ0) is 16.5. The highest BCUT2D eigenvalue weighted by Crippen LogP contribution is 2.38. The van der Waals surface area contributed by atoms with Gasteiger partial charge in [-0.25, -0.2) is 0 Å². The number of ether oxygens (including phenoxy) is 1.